The molecule has 1 aliphatic heterocycles. The van der Waals surface area contributed by atoms with Crippen molar-refractivity contribution in [2.24, 2.45) is 5.92 Å². The predicted octanol–water partition coefficient (Wildman–Crippen LogP) is 3.57. The van der Waals surface area contributed by atoms with Crippen molar-refractivity contribution in [2.45, 2.75) is 25.3 Å². The second-order valence-corrected chi connectivity index (χ2v) is 6.45. The molecule has 0 radical (unpaired) electrons. The van der Waals surface area contributed by atoms with Crippen LogP contribution in [0.1, 0.15) is 19.8 Å². The molecule has 1 N–H and O–H groups in total. The second-order valence-electron chi connectivity index (χ2n) is 5.64. The lowest BCUT2D eigenvalue weighted by Crippen LogP contribution is -2.60. The van der Waals surface area contributed by atoms with Gasteiger partial charge in [-0.1, -0.05) is 23.2 Å². The zero-order valence-electron chi connectivity index (χ0n) is 10.5. The first kappa shape index (κ1) is 12.6. The summed E-state index contributed by atoms with van der Waals surface area (Å²) >= 11 is 12.1. The van der Waals surface area contributed by atoms with Gasteiger partial charge in [0.2, 0.25) is 0 Å². The van der Waals surface area contributed by atoms with Gasteiger partial charge in [0.05, 0.1) is 10.0 Å². The molecule has 98 valence electrons. The average Bonchev–Trinajstić information content (AvgIpc) is 3.17. The molecule has 2 fully saturated rings. The maximum atomic E-state index is 6.10. The van der Waals surface area contributed by atoms with Crippen LogP contribution in [0.15, 0.2) is 18.2 Å². The van der Waals surface area contributed by atoms with Gasteiger partial charge in [-0.05, 0) is 43.9 Å². The predicted molar refractivity (Wildman–Crippen MR) is 77.8 cm³/mol. The van der Waals surface area contributed by atoms with Crippen LogP contribution in [0.4, 0.5) is 5.69 Å². The summed E-state index contributed by atoms with van der Waals surface area (Å²) in [6, 6.07) is 5.92. The van der Waals surface area contributed by atoms with Crippen molar-refractivity contribution < 1.29 is 0 Å². The van der Waals surface area contributed by atoms with Crippen molar-refractivity contribution in [1.82, 2.24) is 5.32 Å². The van der Waals surface area contributed by atoms with Crippen molar-refractivity contribution in [3.8, 4) is 0 Å². The number of benzene rings is 1. The van der Waals surface area contributed by atoms with Crippen LogP contribution in [0.25, 0.3) is 0 Å². The molecule has 1 atom stereocenters. The third-order valence-electron chi connectivity index (χ3n) is 4.18. The minimum absolute atomic E-state index is 0.254. The molecule has 18 heavy (non-hydrogen) atoms. The summed E-state index contributed by atoms with van der Waals surface area (Å²) in [4.78, 5) is 2.41. The molecular weight excluding hydrogens is 267 g/mol. The Kier molecular flexibility index (Phi) is 3.21. The summed E-state index contributed by atoms with van der Waals surface area (Å²) in [5.41, 5.74) is 1.43. The maximum Gasteiger partial charge on any atom is 0.0612 e. The van der Waals surface area contributed by atoms with Gasteiger partial charge >= 0.3 is 0 Å². The van der Waals surface area contributed by atoms with E-state index in [0.29, 0.717) is 10.0 Å². The van der Waals surface area contributed by atoms with Gasteiger partial charge in [0.1, 0.15) is 0 Å². The van der Waals surface area contributed by atoms with Crippen LogP contribution < -0.4 is 10.2 Å². The SMILES string of the molecule is CC1(C2CC2)CN(c2ccc(Cl)c(Cl)c2)CCN1. The van der Waals surface area contributed by atoms with Crippen LogP contribution >= 0.6 is 23.2 Å². The Hall–Kier alpha value is -0.440. The van der Waals surface area contributed by atoms with Gasteiger partial charge in [0.25, 0.3) is 0 Å². The molecule has 1 unspecified atom stereocenters. The Morgan fingerprint density at radius 1 is 1.28 bits per heavy atom. The number of anilines is 1. The monoisotopic (exact) mass is 284 g/mol. The van der Waals surface area contributed by atoms with Gasteiger partial charge in [-0.25, -0.2) is 0 Å². The smallest absolute Gasteiger partial charge is 0.0612 e. The van der Waals surface area contributed by atoms with Crippen molar-refractivity contribution in [3.63, 3.8) is 0 Å². The normalized spacial score (nSPS) is 28.5. The standard InChI is InChI=1S/C14H18Cl2N2/c1-14(10-2-3-10)9-18(7-6-17-14)11-4-5-12(15)13(16)8-11/h4-5,8,10,17H,2-3,6-7,9H2,1H3. The average molecular weight is 285 g/mol. The lowest BCUT2D eigenvalue weighted by molar-refractivity contribution is 0.285. The van der Waals surface area contributed by atoms with Crippen molar-refractivity contribution in [1.29, 1.82) is 0 Å². The van der Waals surface area contributed by atoms with E-state index in [4.69, 9.17) is 23.2 Å². The zero-order valence-corrected chi connectivity index (χ0v) is 12.1. The Bertz CT molecular complexity index is 459. The number of nitrogens with one attached hydrogen (secondary N) is 1. The van der Waals surface area contributed by atoms with Crippen LogP contribution in [0.5, 0.6) is 0 Å². The van der Waals surface area contributed by atoms with E-state index in [1.807, 2.05) is 12.1 Å². The van der Waals surface area contributed by atoms with Crippen LogP contribution in [0.2, 0.25) is 10.0 Å². The number of hydrogen-bond acceptors (Lipinski definition) is 2. The van der Waals surface area contributed by atoms with Gasteiger partial charge in [-0.3, -0.25) is 0 Å². The fourth-order valence-corrected chi connectivity index (χ4v) is 3.20. The van der Waals surface area contributed by atoms with E-state index in [-0.39, 0.29) is 5.54 Å². The molecule has 1 aliphatic carbocycles. The molecule has 3 rings (SSSR count). The Morgan fingerprint density at radius 3 is 2.72 bits per heavy atom. The summed E-state index contributed by atoms with van der Waals surface area (Å²) in [6.45, 7) is 5.46. The quantitative estimate of drug-likeness (QED) is 0.893. The number of nitrogens with zero attached hydrogens (tertiary/aromatic N) is 1. The minimum Gasteiger partial charge on any atom is -0.368 e. The lowest BCUT2D eigenvalue weighted by atomic mass is 9.92. The molecule has 1 aromatic rings. The van der Waals surface area contributed by atoms with Crippen molar-refractivity contribution >= 4 is 28.9 Å². The minimum atomic E-state index is 0.254. The Labute approximate surface area is 118 Å². The number of halogens is 2. The van der Waals surface area contributed by atoms with Crippen LogP contribution in [0, 0.1) is 5.92 Å². The highest BCUT2D eigenvalue weighted by Gasteiger charge is 2.43. The van der Waals surface area contributed by atoms with Gasteiger partial charge in [-0.2, -0.15) is 0 Å². The highest BCUT2D eigenvalue weighted by molar-refractivity contribution is 6.42. The molecule has 2 nitrogen and oxygen atoms in total. The highest BCUT2D eigenvalue weighted by atomic mass is 35.5. The Morgan fingerprint density at radius 2 is 2.06 bits per heavy atom. The largest absolute Gasteiger partial charge is 0.368 e. The third kappa shape index (κ3) is 2.34. The fraction of sp³-hybridized carbons (Fsp3) is 0.571. The van der Waals surface area contributed by atoms with E-state index in [9.17, 15) is 0 Å². The molecular formula is C14H18Cl2N2. The molecule has 0 aromatic heterocycles. The van der Waals surface area contributed by atoms with E-state index < -0.39 is 0 Å². The molecule has 1 saturated heterocycles. The fourth-order valence-electron chi connectivity index (χ4n) is 2.90. The van der Waals surface area contributed by atoms with Gasteiger partial charge < -0.3 is 10.2 Å². The molecule has 1 heterocycles. The molecule has 1 aromatic carbocycles. The molecule has 1 saturated carbocycles. The highest BCUT2D eigenvalue weighted by Crippen LogP contribution is 2.41. The van der Waals surface area contributed by atoms with E-state index >= 15 is 0 Å². The summed E-state index contributed by atoms with van der Waals surface area (Å²) in [7, 11) is 0. The Balaban J connectivity index is 1.81. The van der Waals surface area contributed by atoms with Crippen LogP contribution in [-0.2, 0) is 0 Å². The summed E-state index contributed by atoms with van der Waals surface area (Å²) in [5.74, 6) is 0.836. The van der Waals surface area contributed by atoms with Crippen molar-refractivity contribution in [3.05, 3.63) is 28.2 Å². The summed E-state index contributed by atoms with van der Waals surface area (Å²) in [5, 5.41) is 4.95. The van der Waals surface area contributed by atoms with Crippen LogP contribution in [0.3, 0.4) is 0 Å². The van der Waals surface area contributed by atoms with Gasteiger partial charge in [-0.15, -0.1) is 0 Å². The summed E-state index contributed by atoms with van der Waals surface area (Å²) < 4.78 is 0. The van der Waals surface area contributed by atoms with Gasteiger partial charge in [0.15, 0.2) is 0 Å². The third-order valence-corrected chi connectivity index (χ3v) is 4.92. The maximum absolute atomic E-state index is 6.10. The second kappa shape index (κ2) is 4.59. The molecule has 0 bridgehead atoms. The molecule has 2 aliphatic rings. The molecule has 0 amide bonds. The van der Waals surface area contributed by atoms with Crippen molar-refractivity contribution in [2.75, 3.05) is 24.5 Å². The van der Waals surface area contributed by atoms with Crippen LogP contribution in [-0.4, -0.2) is 25.2 Å². The van der Waals surface area contributed by atoms with E-state index in [1.54, 1.807) is 0 Å². The number of piperazine rings is 1. The topological polar surface area (TPSA) is 15.3 Å². The molecule has 4 heteroatoms. The number of hydrogen-bond donors (Lipinski definition) is 1. The summed E-state index contributed by atoms with van der Waals surface area (Å²) in [6.07, 6.45) is 2.72. The molecule has 0 spiro atoms. The first-order valence-corrected chi connectivity index (χ1v) is 7.29. The van der Waals surface area contributed by atoms with E-state index in [0.717, 1.165) is 25.6 Å². The van der Waals surface area contributed by atoms with Gasteiger partial charge in [0, 0.05) is 30.9 Å². The zero-order chi connectivity index (χ0) is 12.8. The lowest BCUT2D eigenvalue weighted by Gasteiger charge is -2.43. The first-order chi connectivity index (χ1) is 8.58. The number of rotatable bonds is 2. The first-order valence-electron chi connectivity index (χ1n) is 6.53. The van der Waals surface area contributed by atoms with E-state index in [2.05, 4.69) is 23.2 Å². The van der Waals surface area contributed by atoms with E-state index in [1.165, 1.54) is 18.5 Å².